The normalized spacial score (nSPS) is 9.81. The zero-order valence-electron chi connectivity index (χ0n) is 9.58. The van der Waals surface area contributed by atoms with Gasteiger partial charge in [0.2, 0.25) is 5.91 Å². The first-order chi connectivity index (χ1) is 7.56. The maximum absolute atomic E-state index is 11.5. The number of nitrogens with two attached hydrogens (primary N) is 1. The molecule has 0 unspecified atom stereocenters. The molecule has 1 rings (SSSR count). The van der Waals surface area contributed by atoms with Crippen LogP contribution in [0.25, 0.3) is 0 Å². The van der Waals surface area contributed by atoms with Crippen molar-refractivity contribution in [1.29, 1.82) is 0 Å². The lowest BCUT2D eigenvalue weighted by molar-refractivity contribution is -0.121. The second kappa shape index (κ2) is 5.21. The van der Waals surface area contributed by atoms with Crippen molar-refractivity contribution >= 4 is 11.6 Å². The number of nitrogen functional groups attached to an aromatic ring is 1. The number of rotatable bonds is 4. The van der Waals surface area contributed by atoms with E-state index >= 15 is 0 Å². The Balaban J connectivity index is 2.57. The summed E-state index contributed by atoms with van der Waals surface area (Å²) >= 11 is 0. The van der Waals surface area contributed by atoms with E-state index in [1.165, 1.54) is 0 Å². The molecular weight excluding hydrogens is 204 g/mol. The van der Waals surface area contributed by atoms with E-state index in [2.05, 4.69) is 16.3 Å². The first kappa shape index (κ1) is 12.1. The lowest BCUT2D eigenvalue weighted by Gasteiger charge is -2.05. The molecule has 0 aliphatic rings. The summed E-state index contributed by atoms with van der Waals surface area (Å²) in [7, 11) is 0. The molecule has 86 valence electrons. The van der Waals surface area contributed by atoms with E-state index < -0.39 is 0 Å². The van der Waals surface area contributed by atoms with Crippen LogP contribution in [0.4, 0.5) is 5.69 Å². The summed E-state index contributed by atoms with van der Waals surface area (Å²) in [6.07, 6.45) is 5.61. The van der Waals surface area contributed by atoms with E-state index in [9.17, 15) is 4.79 Å². The molecule has 1 aromatic heterocycles. The lowest BCUT2D eigenvalue weighted by atomic mass is 10.3. The molecule has 0 aromatic carbocycles. The quantitative estimate of drug-likeness (QED) is 0.563. The van der Waals surface area contributed by atoms with Gasteiger partial charge in [0.15, 0.2) is 0 Å². The van der Waals surface area contributed by atoms with Crippen LogP contribution in [0.1, 0.15) is 17.8 Å². The van der Waals surface area contributed by atoms with Gasteiger partial charge in [0.05, 0.1) is 17.1 Å². The average molecular weight is 220 g/mol. The fraction of sp³-hybridized carbons (Fsp3) is 0.455. The van der Waals surface area contributed by atoms with Gasteiger partial charge >= 0.3 is 0 Å². The number of aromatic nitrogens is 2. The van der Waals surface area contributed by atoms with Gasteiger partial charge in [0.1, 0.15) is 6.54 Å². The smallest absolute Gasteiger partial charge is 0.241 e. The number of anilines is 1. The molecule has 0 saturated heterocycles. The van der Waals surface area contributed by atoms with E-state index in [1.54, 1.807) is 4.68 Å². The number of nitrogens with zero attached hydrogens (tertiary/aromatic N) is 2. The van der Waals surface area contributed by atoms with Gasteiger partial charge in [-0.25, -0.2) is 0 Å². The minimum absolute atomic E-state index is 0.110. The summed E-state index contributed by atoms with van der Waals surface area (Å²) in [6.45, 7) is 4.32. The Morgan fingerprint density at radius 1 is 1.62 bits per heavy atom. The third kappa shape index (κ3) is 2.76. The van der Waals surface area contributed by atoms with Crippen molar-refractivity contribution in [2.45, 2.75) is 26.8 Å². The highest BCUT2D eigenvalue weighted by Crippen LogP contribution is 2.14. The molecule has 1 heterocycles. The summed E-state index contributed by atoms with van der Waals surface area (Å²) in [6, 6.07) is 0. The fourth-order valence-electron chi connectivity index (χ4n) is 1.33. The maximum Gasteiger partial charge on any atom is 0.241 e. The first-order valence-corrected chi connectivity index (χ1v) is 5.06. The molecule has 16 heavy (non-hydrogen) atoms. The molecular formula is C11H16N4O. The summed E-state index contributed by atoms with van der Waals surface area (Å²) in [4.78, 5) is 11.5. The number of terminal acetylenes is 1. The van der Waals surface area contributed by atoms with Crippen molar-refractivity contribution in [1.82, 2.24) is 15.1 Å². The van der Waals surface area contributed by atoms with Gasteiger partial charge in [-0.05, 0) is 13.8 Å². The number of hydrogen-bond acceptors (Lipinski definition) is 3. The number of nitrogens with one attached hydrogen (secondary N) is 1. The summed E-state index contributed by atoms with van der Waals surface area (Å²) in [5.41, 5.74) is 7.95. The van der Waals surface area contributed by atoms with Crippen molar-refractivity contribution in [2.75, 3.05) is 12.3 Å². The van der Waals surface area contributed by atoms with Crippen LogP contribution in [-0.2, 0) is 11.3 Å². The zero-order chi connectivity index (χ0) is 12.1. The molecule has 0 fully saturated rings. The zero-order valence-corrected chi connectivity index (χ0v) is 9.58. The van der Waals surface area contributed by atoms with Gasteiger partial charge in [-0.1, -0.05) is 0 Å². The Morgan fingerprint density at radius 3 is 2.81 bits per heavy atom. The molecule has 5 nitrogen and oxygen atoms in total. The van der Waals surface area contributed by atoms with Crippen molar-refractivity contribution in [3.63, 3.8) is 0 Å². The Labute approximate surface area is 95.0 Å². The van der Waals surface area contributed by atoms with Gasteiger partial charge in [-0.3, -0.25) is 9.48 Å². The lowest BCUT2D eigenvalue weighted by Crippen LogP contribution is -2.29. The summed E-state index contributed by atoms with van der Waals surface area (Å²) in [5, 5.41) is 6.87. The molecule has 0 bridgehead atoms. The average Bonchev–Trinajstić information content (AvgIpc) is 2.47. The minimum atomic E-state index is -0.110. The second-order valence-electron chi connectivity index (χ2n) is 3.55. The van der Waals surface area contributed by atoms with Crippen LogP contribution < -0.4 is 11.1 Å². The van der Waals surface area contributed by atoms with Crippen molar-refractivity contribution in [3.05, 3.63) is 11.4 Å². The standard InChI is InChI=1S/C11H16N4O/c1-4-5-6-13-10(16)7-15-9(3)11(12)8(2)14-15/h1H,5-7,12H2,2-3H3,(H,13,16). The molecule has 0 spiro atoms. The topological polar surface area (TPSA) is 72.9 Å². The first-order valence-electron chi connectivity index (χ1n) is 5.06. The number of amides is 1. The molecule has 0 aliphatic carbocycles. The van der Waals surface area contributed by atoms with Gasteiger partial charge in [0, 0.05) is 13.0 Å². The van der Waals surface area contributed by atoms with E-state index in [0.29, 0.717) is 18.7 Å². The summed E-state index contributed by atoms with van der Waals surface area (Å²) in [5.74, 6) is 2.34. The van der Waals surface area contributed by atoms with Crippen LogP contribution in [-0.4, -0.2) is 22.2 Å². The molecule has 0 atom stereocenters. The number of carbonyl (C=O) groups excluding carboxylic acids is 1. The highest BCUT2D eigenvalue weighted by molar-refractivity contribution is 5.75. The number of aryl methyl sites for hydroxylation is 1. The van der Waals surface area contributed by atoms with Crippen LogP contribution in [0.3, 0.4) is 0 Å². The van der Waals surface area contributed by atoms with Crippen molar-refractivity contribution in [2.24, 2.45) is 0 Å². The second-order valence-corrected chi connectivity index (χ2v) is 3.55. The molecule has 3 N–H and O–H groups in total. The molecule has 1 amide bonds. The number of carbonyl (C=O) groups is 1. The van der Waals surface area contributed by atoms with Crippen LogP contribution in [0.2, 0.25) is 0 Å². The molecule has 0 saturated carbocycles. The van der Waals surface area contributed by atoms with Gasteiger partial charge in [0.25, 0.3) is 0 Å². The highest BCUT2D eigenvalue weighted by atomic mass is 16.2. The molecule has 0 aliphatic heterocycles. The monoisotopic (exact) mass is 220 g/mol. The third-order valence-corrected chi connectivity index (χ3v) is 2.32. The van der Waals surface area contributed by atoms with E-state index in [1.807, 2.05) is 13.8 Å². The minimum Gasteiger partial charge on any atom is -0.396 e. The van der Waals surface area contributed by atoms with Crippen LogP contribution in [0.15, 0.2) is 0 Å². The number of hydrogen-bond donors (Lipinski definition) is 2. The van der Waals surface area contributed by atoms with Crippen molar-refractivity contribution in [3.8, 4) is 12.3 Å². The van der Waals surface area contributed by atoms with Crippen LogP contribution in [0, 0.1) is 26.2 Å². The fourth-order valence-corrected chi connectivity index (χ4v) is 1.33. The largest absolute Gasteiger partial charge is 0.396 e. The predicted molar refractivity (Wildman–Crippen MR) is 62.6 cm³/mol. The Hall–Kier alpha value is -1.96. The predicted octanol–water partition coefficient (Wildman–Crippen LogP) is 0.222. The van der Waals surface area contributed by atoms with Gasteiger partial charge < -0.3 is 11.1 Å². The molecule has 0 radical (unpaired) electrons. The summed E-state index contributed by atoms with van der Waals surface area (Å²) < 4.78 is 1.59. The van der Waals surface area contributed by atoms with E-state index in [-0.39, 0.29) is 12.5 Å². The van der Waals surface area contributed by atoms with Crippen molar-refractivity contribution < 1.29 is 4.79 Å². The van der Waals surface area contributed by atoms with Gasteiger partial charge in [-0.15, -0.1) is 12.3 Å². The molecule has 5 heteroatoms. The molecule has 1 aromatic rings. The van der Waals surface area contributed by atoms with E-state index in [0.717, 1.165) is 11.4 Å². The maximum atomic E-state index is 11.5. The Morgan fingerprint density at radius 2 is 2.31 bits per heavy atom. The highest BCUT2D eigenvalue weighted by Gasteiger charge is 2.10. The Kier molecular flexibility index (Phi) is 3.95. The Bertz CT molecular complexity index is 428. The van der Waals surface area contributed by atoms with Crippen LogP contribution >= 0.6 is 0 Å². The van der Waals surface area contributed by atoms with E-state index in [4.69, 9.17) is 12.2 Å². The van der Waals surface area contributed by atoms with Gasteiger partial charge in [-0.2, -0.15) is 5.10 Å². The third-order valence-electron chi connectivity index (χ3n) is 2.32. The van der Waals surface area contributed by atoms with Crippen LogP contribution in [0.5, 0.6) is 0 Å². The SMILES string of the molecule is C#CCCNC(=O)Cn1nc(C)c(N)c1C.